The van der Waals surface area contributed by atoms with Gasteiger partial charge in [-0.15, -0.1) is 0 Å². The van der Waals surface area contributed by atoms with Gasteiger partial charge in [0.05, 0.1) is 7.11 Å². The van der Waals surface area contributed by atoms with Gasteiger partial charge in [-0.25, -0.2) is 0 Å². The molecule has 0 aliphatic carbocycles. The number of aliphatic carboxylic acids is 1. The Labute approximate surface area is 100 Å². The summed E-state index contributed by atoms with van der Waals surface area (Å²) in [5.74, 6) is -1.81. The summed E-state index contributed by atoms with van der Waals surface area (Å²) in [6.07, 6.45) is 0. The first-order chi connectivity index (χ1) is 7.88. The number of rotatable bonds is 4. The van der Waals surface area contributed by atoms with Gasteiger partial charge in [-0.3, -0.25) is 9.59 Å². The highest BCUT2D eigenvalue weighted by Gasteiger charge is 2.23. The third-order valence-electron chi connectivity index (χ3n) is 2.77. The lowest BCUT2D eigenvalue weighted by Gasteiger charge is -2.12. The first kappa shape index (κ1) is 13.2. The quantitative estimate of drug-likeness (QED) is 0.643. The minimum atomic E-state index is -1.11. The van der Waals surface area contributed by atoms with Crippen molar-refractivity contribution in [1.82, 2.24) is 0 Å². The molecule has 1 aromatic rings. The number of ketones is 1. The zero-order chi connectivity index (χ0) is 13.2. The molecule has 0 fully saturated rings. The van der Waals surface area contributed by atoms with E-state index in [-0.39, 0.29) is 5.78 Å². The van der Waals surface area contributed by atoms with Gasteiger partial charge in [0.15, 0.2) is 5.78 Å². The van der Waals surface area contributed by atoms with E-state index in [9.17, 15) is 9.59 Å². The van der Waals surface area contributed by atoms with E-state index >= 15 is 0 Å². The van der Waals surface area contributed by atoms with Crippen molar-refractivity contribution in [3.8, 4) is 5.75 Å². The Morgan fingerprint density at radius 1 is 1.24 bits per heavy atom. The van der Waals surface area contributed by atoms with Crippen LogP contribution in [0.2, 0.25) is 0 Å². The van der Waals surface area contributed by atoms with E-state index in [1.165, 1.54) is 6.92 Å². The zero-order valence-corrected chi connectivity index (χ0v) is 10.4. The number of carboxylic acid groups (broad SMARTS) is 1. The Kier molecular flexibility index (Phi) is 3.89. The van der Waals surface area contributed by atoms with Crippen LogP contribution in [0.5, 0.6) is 5.75 Å². The number of carbonyl (C=O) groups is 2. The summed E-state index contributed by atoms with van der Waals surface area (Å²) in [5.41, 5.74) is 1.99. The van der Waals surface area contributed by atoms with Gasteiger partial charge in [-0.1, -0.05) is 0 Å². The van der Waals surface area contributed by atoms with Gasteiger partial charge in [-0.05, 0) is 44.0 Å². The SMILES string of the molecule is COc1cc(C)c(C(=O)C(C)C(=O)O)cc1C. The first-order valence-electron chi connectivity index (χ1n) is 5.30. The number of Topliss-reactive ketones (excluding diaryl/α,β-unsaturated/α-hetero) is 1. The van der Waals surface area contributed by atoms with Crippen molar-refractivity contribution in [2.75, 3.05) is 7.11 Å². The molecule has 0 spiro atoms. The summed E-state index contributed by atoms with van der Waals surface area (Å²) >= 11 is 0. The van der Waals surface area contributed by atoms with Crippen molar-refractivity contribution < 1.29 is 19.4 Å². The summed E-state index contributed by atoms with van der Waals surface area (Å²) in [5, 5.41) is 8.83. The second kappa shape index (κ2) is 4.99. The van der Waals surface area contributed by atoms with Gasteiger partial charge in [0, 0.05) is 5.56 Å². The summed E-state index contributed by atoms with van der Waals surface area (Å²) in [7, 11) is 1.56. The Bertz CT molecular complexity index is 463. The molecule has 0 aromatic heterocycles. The summed E-state index contributed by atoms with van der Waals surface area (Å²) in [6, 6.07) is 3.42. The molecule has 0 heterocycles. The molecule has 1 unspecified atom stereocenters. The molecule has 0 radical (unpaired) electrons. The van der Waals surface area contributed by atoms with E-state index in [1.807, 2.05) is 6.92 Å². The number of ether oxygens (including phenoxy) is 1. The molecule has 1 atom stereocenters. The number of benzene rings is 1. The van der Waals surface area contributed by atoms with Crippen LogP contribution in [0, 0.1) is 19.8 Å². The highest BCUT2D eigenvalue weighted by atomic mass is 16.5. The maximum atomic E-state index is 11.9. The number of hydrogen-bond acceptors (Lipinski definition) is 3. The Morgan fingerprint density at radius 2 is 1.82 bits per heavy atom. The molecule has 1 rings (SSSR count). The van der Waals surface area contributed by atoms with E-state index in [2.05, 4.69) is 0 Å². The smallest absolute Gasteiger partial charge is 0.314 e. The second-order valence-electron chi connectivity index (χ2n) is 4.06. The largest absolute Gasteiger partial charge is 0.496 e. The molecular formula is C13H16O4. The van der Waals surface area contributed by atoms with Crippen molar-refractivity contribution >= 4 is 11.8 Å². The molecule has 4 heteroatoms. The third kappa shape index (κ3) is 2.64. The van der Waals surface area contributed by atoms with Gasteiger partial charge in [-0.2, -0.15) is 0 Å². The normalized spacial score (nSPS) is 12.0. The van der Waals surface area contributed by atoms with E-state index < -0.39 is 11.9 Å². The molecule has 0 amide bonds. The monoisotopic (exact) mass is 236 g/mol. The molecule has 92 valence electrons. The van der Waals surface area contributed by atoms with Crippen molar-refractivity contribution in [2.24, 2.45) is 5.92 Å². The van der Waals surface area contributed by atoms with Crippen LogP contribution in [0.15, 0.2) is 12.1 Å². The minimum Gasteiger partial charge on any atom is -0.496 e. The van der Waals surface area contributed by atoms with Gasteiger partial charge in [0.1, 0.15) is 11.7 Å². The molecule has 4 nitrogen and oxygen atoms in total. The molecule has 0 saturated carbocycles. The molecule has 1 N–H and O–H groups in total. The summed E-state index contributed by atoms with van der Waals surface area (Å²) < 4.78 is 5.14. The molecule has 17 heavy (non-hydrogen) atoms. The Morgan fingerprint density at radius 3 is 2.29 bits per heavy atom. The fraction of sp³-hybridized carbons (Fsp3) is 0.385. The number of hydrogen-bond donors (Lipinski definition) is 1. The minimum absolute atomic E-state index is 0.374. The van der Waals surface area contributed by atoms with E-state index in [1.54, 1.807) is 26.2 Å². The lowest BCUT2D eigenvalue weighted by Crippen LogP contribution is -2.21. The van der Waals surface area contributed by atoms with Crippen LogP contribution in [0.3, 0.4) is 0 Å². The molecule has 0 saturated heterocycles. The highest BCUT2D eigenvalue weighted by Crippen LogP contribution is 2.24. The van der Waals surface area contributed by atoms with Crippen molar-refractivity contribution in [3.05, 3.63) is 28.8 Å². The Balaban J connectivity index is 3.20. The first-order valence-corrected chi connectivity index (χ1v) is 5.30. The number of aryl methyl sites for hydroxylation is 2. The van der Waals surface area contributed by atoms with Crippen LogP contribution in [-0.2, 0) is 4.79 Å². The fourth-order valence-electron chi connectivity index (χ4n) is 1.62. The lowest BCUT2D eigenvalue weighted by molar-refractivity contribution is -0.139. The molecule has 1 aromatic carbocycles. The van der Waals surface area contributed by atoms with Crippen LogP contribution in [0.1, 0.15) is 28.4 Å². The lowest BCUT2D eigenvalue weighted by atomic mass is 9.94. The topological polar surface area (TPSA) is 63.6 Å². The maximum Gasteiger partial charge on any atom is 0.314 e. The summed E-state index contributed by atoms with van der Waals surface area (Å²) in [6.45, 7) is 4.98. The van der Waals surface area contributed by atoms with Crippen LogP contribution in [-0.4, -0.2) is 24.0 Å². The van der Waals surface area contributed by atoms with Crippen LogP contribution in [0.25, 0.3) is 0 Å². The molecule has 0 bridgehead atoms. The van der Waals surface area contributed by atoms with Crippen LogP contribution in [0.4, 0.5) is 0 Å². The Hall–Kier alpha value is -1.84. The average molecular weight is 236 g/mol. The van der Waals surface area contributed by atoms with Crippen LogP contribution < -0.4 is 4.74 Å². The summed E-state index contributed by atoms with van der Waals surface area (Å²) in [4.78, 5) is 22.7. The standard InChI is InChI=1S/C13H16O4/c1-7-6-11(17-4)8(2)5-10(7)12(14)9(3)13(15)16/h5-6,9H,1-4H3,(H,15,16). The van der Waals surface area contributed by atoms with E-state index in [0.717, 1.165) is 11.1 Å². The molecule has 0 aliphatic heterocycles. The number of carboxylic acids is 1. The van der Waals surface area contributed by atoms with Gasteiger partial charge in [0.25, 0.3) is 0 Å². The molecule has 0 aliphatic rings. The fourth-order valence-corrected chi connectivity index (χ4v) is 1.62. The average Bonchev–Trinajstić information content (AvgIpc) is 2.29. The predicted molar refractivity (Wildman–Crippen MR) is 63.6 cm³/mol. The van der Waals surface area contributed by atoms with Crippen molar-refractivity contribution in [3.63, 3.8) is 0 Å². The number of carbonyl (C=O) groups excluding carboxylic acids is 1. The van der Waals surface area contributed by atoms with Crippen molar-refractivity contribution in [1.29, 1.82) is 0 Å². The van der Waals surface area contributed by atoms with E-state index in [4.69, 9.17) is 9.84 Å². The van der Waals surface area contributed by atoms with Gasteiger partial charge >= 0.3 is 5.97 Å². The van der Waals surface area contributed by atoms with E-state index in [0.29, 0.717) is 11.3 Å². The van der Waals surface area contributed by atoms with Gasteiger partial charge in [0.2, 0.25) is 0 Å². The number of methoxy groups -OCH3 is 1. The van der Waals surface area contributed by atoms with Crippen molar-refractivity contribution in [2.45, 2.75) is 20.8 Å². The van der Waals surface area contributed by atoms with Crippen LogP contribution >= 0.6 is 0 Å². The molecular weight excluding hydrogens is 220 g/mol. The highest BCUT2D eigenvalue weighted by molar-refractivity contribution is 6.08. The zero-order valence-electron chi connectivity index (χ0n) is 10.4. The predicted octanol–water partition coefficient (Wildman–Crippen LogP) is 2.22. The maximum absolute atomic E-state index is 11.9. The second-order valence-corrected chi connectivity index (χ2v) is 4.06. The third-order valence-corrected chi connectivity index (χ3v) is 2.77. The van der Waals surface area contributed by atoms with Gasteiger partial charge < -0.3 is 9.84 Å².